The van der Waals surface area contributed by atoms with Crippen molar-refractivity contribution in [2.24, 2.45) is 7.05 Å². The molecule has 1 aliphatic rings. The van der Waals surface area contributed by atoms with Gasteiger partial charge in [0.2, 0.25) is 5.91 Å². The van der Waals surface area contributed by atoms with Gasteiger partial charge in [-0.05, 0) is 42.0 Å². The SMILES string of the molecule is Cn1cc(CN2CC(OCc3ccncc3)CN(Cc3cn[nH]c3-c3ccc(F)cc3)CC2=O)cn1. The van der Waals surface area contributed by atoms with Gasteiger partial charge in [0.15, 0.2) is 0 Å². The highest BCUT2D eigenvalue weighted by molar-refractivity contribution is 5.78. The Hall–Kier alpha value is -3.89. The van der Waals surface area contributed by atoms with Gasteiger partial charge in [-0.15, -0.1) is 0 Å². The number of rotatable bonds is 8. The van der Waals surface area contributed by atoms with E-state index in [0.717, 1.165) is 27.9 Å². The summed E-state index contributed by atoms with van der Waals surface area (Å²) in [7, 11) is 1.86. The highest BCUT2D eigenvalue weighted by Crippen LogP contribution is 2.24. The van der Waals surface area contributed by atoms with E-state index in [9.17, 15) is 9.18 Å². The van der Waals surface area contributed by atoms with E-state index in [1.165, 1.54) is 12.1 Å². The number of nitrogens with zero attached hydrogens (tertiary/aromatic N) is 6. The second-order valence-electron chi connectivity index (χ2n) is 9.03. The van der Waals surface area contributed by atoms with Gasteiger partial charge in [-0.25, -0.2) is 4.39 Å². The molecule has 1 unspecified atom stereocenters. The second kappa shape index (κ2) is 10.8. The molecule has 1 atom stereocenters. The molecule has 1 fully saturated rings. The maximum Gasteiger partial charge on any atom is 0.237 e. The molecule has 0 radical (unpaired) electrons. The van der Waals surface area contributed by atoms with Gasteiger partial charge < -0.3 is 9.64 Å². The third-order valence-corrected chi connectivity index (χ3v) is 6.21. The fourth-order valence-corrected chi connectivity index (χ4v) is 4.43. The largest absolute Gasteiger partial charge is 0.370 e. The lowest BCUT2D eigenvalue weighted by molar-refractivity contribution is -0.132. The molecule has 186 valence electrons. The Labute approximate surface area is 208 Å². The molecule has 0 bridgehead atoms. The smallest absolute Gasteiger partial charge is 0.237 e. The van der Waals surface area contributed by atoms with Gasteiger partial charge in [0, 0.05) is 68.5 Å². The minimum atomic E-state index is -0.291. The van der Waals surface area contributed by atoms with Crippen LogP contribution in [0.4, 0.5) is 4.39 Å². The quantitative estimate of drug-likeness (QED) is 0.409. The number of aromatic amines is 1. The Morgan fingerprint density at radius 2 is 1.86 bits per heavy atom. The van der Waals surface area contributed by atoms with Crippen molar-refractivity contribution in [3.05, 3.63) is 89.9 Å². The number of amides is 1. The lowest BCUT2D eigenvalue weighted by atomic mass is 10.1. The normalized spacial score (nSPS) is 16.9. The summed E-state index contributed by atoms with van der Waals surface area (Å²) in [4.78, 5) is 21.3. The molecular weight excluding hydrogens is 461 g/mol. The molecule has 1 saturated heterocycles. The van der Waals surface area contributed by atoms with Crippen molar-refractivity contribution in [3.8, 4) is 11.3 Å². The van der Waals surface area contributed by atoms with E-state index < -0.39 is 0 Å². The molecular formula is C26H28FN7O2. The summed E-state index contributed by atoms with van der Waals surface area (Å²) in [6.07, 6.45) is 8.75. The molecule has 1 amide bonds. The molecule has 10 heteroatoms. The van der Waals surface area contributed by atoms with E-state index in [1.807, 2.05) is 30.3 Å². The van der Waals surface area contributed by atoms with Crippen molar-refractivity contribution in [1.82, 2.24) is 34.8 Å². The number of aromatic nitrogens is 5. The lowest BCUT2D eigenvalue weighted by Crippen LogP contribution is -2.37. The summed E-state index contributed by atoms with van der Waals surface area (Å²) in [6.45, 7) is 2.72. The van der Waals surface area contributed by atoms with Crippen molar-refractivity contribution >= 4 is 5.91 Å². The average molecular weight is 490 g/mol. The van der Waals surface area contributed by atoms with Crippen LogP contribution in [0, 0.1) is 5.82 Å². The number of nitrogens with one attached hydrogen (secondary N) is 1. The maximum atomic E-state index is 13.4. The Balaban J connectivity index is 1.34. The van der Waals surface area contributed by atoms with Crippen LogP contribution in [0.3, 0.4) is 0 Å². The first-order valence-electron chi connectivity index (χ1n) is 11.8. The predicted octanol–water partition coefficient (Wildman–Crippen LogP) is 2.77. The van der Waals surface area contributed by atoms with Crippen molar-refractivity contribution in [2.45, 2.75) is 25.8 Å². The Morgan fingerprint density at radius 3 is 2.61 bits per heavy atom. The number of benzene rings is 1. The van der Waals surface area contributed by atoms with Gasteiger partial charge in [0.05, 0.1) is 37.3 Å². The average Bonchev–Trinajstić information content (AvgIpc) is 3.48. The fourth-order valence-electron chi connectivity index (χ4n) is 4.43. The van der Waals surface area contributed by atoms with E-state index in [0.29, 0.717) is 32.8 Å². The molecule has 0 saturated carbocycles. The highest BCUT2D eigenvalue weighted by Gasteiger charge is 2.29. The summed E-state index contributed by atoms with van der Waals surface area (Å²) < 4.78 is 21.5. The molecule has 5 rings (SSSR count). The highest BCUT2D eigenvalue weighted by atomic mass is 19.1. The Morgan fingerprint density at radius 1 is 1.06 bits per heavy atom. The van der Waals surface area contributed by atoms with Crippen LogP contribution in [0.2, 0.25) is 0 Å². The number of ether oxygens (including phenoxy) is 1. The van der Waals surface area contributed by atoms with E-state index >= 15 is 0 Å². The van der Waals surface area contributed by atoms with Gasteiger partial charge in [0.1, 0.15) is 5.82 Å². The number of carbonyl (C=O) groups is 1. The number of pyridine rings is 1. The van der Waals surface area contributed by atoms with Crippen LogP contribution in [0.5, 0.6) is 0 Å². The molecule has 1 N–H and O–H groups in total. The van der Waals surface area contributed by atoms with E-state index in [2.05, 4.69) is 25.2 Å². The number of aryl methyl sites for hydroxylation is 1. The third-order valence-electron chi connectivity index (χ3n) is 6.21. The van der Waals surface area contributed by atoms with Crippen LogP contribution in [0.25, 0.3) is 11.3 Å². The van der Waals surface area contributed by atoms with Crippen LogP contribution in [-0.2, 0) is 36.3 Å². The summed E-state index contributed by atoms with van der Waals surface area (Å²) in [5.41, 5.74) is 4.59. The first-order chi connectivity index (χ1) is 17.5. The first-order valence-corrected chi connectivity index (χ1v) is 11.8. The molecule has 0 aliphatic carbocycles. The van der Waals surface area contributed by atoms with E-state index in [1.54, 1.807) is 41.6 Å². The van der Waals surface area contributed by atoms with Crippen molar-refractivity contribution in [2.75, 3.05) is 19.6 Å². The molecule has 36 heavy (non-hydrogen) atoms. The first kappa shape index (κ1) is 23.8. The topological polar surface area (TPSA) is 92.2 Å². The summed E-state index contributed by atoms with van der Waals surface area (Å²) in [5.74, 6) is -0.262. The summed E-state index contributed by atoms with van der Waals surface area (Å²) in [5, 5.41) is 11.5. The van der Waals surface area contributed by atoms with Crippen LogP contribution in [0.1, 0.15) is 16.7 Å². The zero-order valence-electron chi connectivity index (χ0n) is 20.0. The van der Waals surface area contributed by atoms with Crippen molar-refractivity contribution in [3.63, 3.8) is 0 Å². The number of H-pyrrole nitrogens is 1. The molecule has 1 aliphatic heterocycles. The second-order valence-corrected chi connectivity index (χ2v) is 9.03. The van der Waals surface area contributed by atoms with Gasteiger partial charge in [-0.1, -0.05) is 0 Å². The lowest BCUT2D eigenvalue weighted by Gasteiger charge is -2.24. The van der Waals surface area contributed by atoms with E-state index in [-0.39, 0.29) is 24.4 Å². The van der Waals surface area contributed by atoms with Crippen LogP contribution in [-0.4, -0.2) is 66.4 Å². The number of halogens is 1. The van der Waals surface area contributed by atoms with Crippen LogP contribution < -0.4 is 0 Å². The summed E-state index contributed by atoms with van der Waals surface area (Å²) >= 11 is 0. The molecule has 1 aromatic carbocycles. The number of carbonyl (C=O) groups excluding carboxylic acids is 1. The number of hydrogen-bond donors (Lipinski definition) is 1. The maximum absolute atomic E-state index is 13.4. The minimum Gasteiger partial charge on any atom is -0.370 e. The predicted molar refractivity (Wildman–Crippen MR) is 131 cm³/mol. The number of hydrogen-bond acceptors (Lipinski definition) is 6. The Bertz CT molecular complexity index is 1290. The molecule has 3 aromatic heterocycles. The standard InChI is InChI=1S/C26H28FN7O2/c1-32-12-20(10-30-32)13-34-16-24(36-18-19-6-8-28-9-7-19)15-33(17-25(34)35)14-22-11-29-31-26(22)21-2-4-23(27)5-3-21/h2-12,24H,13-18H2,1H3,(H,29,31). The monoisotopic (exact) mass is 489 g/mol. The molecule has 4 heterocycles. The molecule has 0 spiro atoms. The summed E-state index contributed by atoms with van der Waals surface area (Å²) in [6, 6.07) is 10.1. The van der Waals surface area contributed by atoms with Gasteiger partial charge in [-0.3, -0.25) is 24.5 Å². The third kappa shape index (κ3) is 5.84. The van der Waals surface area contributed by atoms with Crippen molar-refractivity contribution in [1.29, 1.82) is 0 Å². The van der Waals surface area contributed by atoms with Crippen molar-refractivity contribution < 1.29 is 13.9 Å². The van der Waals surface area contributed by atoms with Crippen LogP contribution in [0.15, 0.2) is 67.4 Å². The minimum absolute atomic E-state index is 0.0284. The molecule has 4 aromatic rings. The van der Waals surface area contributed by atoms with Gasteiger partial charge >= 0.3 is 0 Å². The van der Waals surface area contributed by atoms with Crippen LogP contribution >= 0.6 is 0 Å². The zero-order chi connectivity index (χ0) is 24.9. The molecule has 9 nitrogen and oxygen atoms in total. The zero-order valence-corrected chi connectivity index (χ0v) is 20.0. The van der Waals surface area contributed by atoms with Gasteiger partial charge in [-0.2, -0.15) is 10.2 Å². The van der Waals surface area contributed by atoms with E-state index in [4.69, 9.17) is 4.74 Å². The Kier molecular flexibility index (Phi) is 7.15. The fraction of sp³-hybridized carbons (Fsp3) is 0.308. The van der Waals surface area contributed by atoms with Gasteiger partial charge in [0.25, 0.3) is 0 Å².